The number of nitrogens with zero attached hydrogens (tertiary/aromatic N) is 1. The molecule has 0 radical (unpaired) electrons. The number of ether oxygens (including phenoxy) is 1. The number of amides is 4. The van der Waals surface area contributed by atoms with Crippen molar-refractivity contribution in [3.05, 3.63) is 29.3 Å². The van der Waals surface area contributed by atoms with Crippen molar-refractivity contribution >= 4 is 17.8 Å². The van der Waals surface area contributed by atoms with Crippen molar-refractivity contribution in [1.82, 2.24) is 15.5 Å². The summed E-state index contributed by atoms with van der Waals surface area (Å²) in [5.74, 6) is 0.329. The minimum atomic E-state index is -0.768. The van der Waals surface area contributed by atoms with Crippen molar-refractivity contribution < 1.29 is 19.1 Å². The van der Waals surface area contributed by atoms with Gasteiger partial charge in [0.1, 0.15) is 11.8 Å². The van der Waals surface area contributed by atoms with Crippen LogP contribution in [0.5, 0.6) is 5.75 Å². The van der Waals surface area contributed by atoms with Crippen LogP contribution in [-0.2, 0) is 22.6 Å². The zero-order chi connectivity index (χ0) is 17.8. The molecule has 4 amide bonds. The molecule has 1 aromatic carbocycles. The summed E-state index contributed by atoms with van der Waals surface area (Å²) in [7, 11) is 0. The van der Waals surface area contributed by atoms with E-state index in [-0.39, 0.29) is 18.2 Å². The maximum Gasteiger partial charge on any atom is 0.324 e. The third-order valence-corrected chi connectivity index (χ3v) is 4.41. The van der Waals surface area contributed by atoms with Crippen molar-refractivity contribution in [3.63, 3.8) is 0 Å². The van der Waals surface area contributed by atoms with Gasteiger partial charge in [-0.25, -0.2) is 4.79 Å². The molecule has 1 unspecified atom stereocenters. The molecule has 25 heavy (non-hydrogen) atoms. The van der Waals surface area contributed by atoms with Gasteiger partial charge in [-0.05, 0) is 36.5 Å². The van der Waals surface area contributed by atoms with E-state index in [1.165, 1.54) is 4.90 Å². The van der Waals surface area contributed by atoms with Crippen molar-refractivity contribution in [2.24, 2.45) is 0 Å². The van der Waals surface area contributed by atoms with Gasteiger partial charge in [-0.1, -0.05) is 19.1 Å². The minimum Gasteiger partial charge on any atom is -0.493 e. The predicted molar refractivity (Wildman–Crippen MR) is 91.0 cm³/mol. The van der Waals surface area contributed by atoms with Gasteiger partial charge in [-0.3, -0.25) is 14.5 Å². The van der Waals surface area contributed by atoms with Crippen LogP contribution in [0.2, 0.25) is 0 Å². The first-order valence-electron chi connectivity index (χ1n) is 8.71. The fourth-order valence-electron chi connectivity index (χ4n) is 3.13. The maximum atomic E-state index is 12.1. The van der Waals surface area contributed by atoms with E-state index in [2.05, 4.69) is 10.6 Å². The van der Waals surface area contributed by atoms with Crippen LogP contribution in [0.1, 0.15) is 37.3 Å². The normalized spacial score (nSPS) is 19.2. The fourth-order valence-corrected chi connectivity index (χ4v) is 3.13. The van der Waals surface area contributed by atoms with Crippen LogP contribution in [0.4, 0.5) is 4.79 Å². The maximum absolute atomic E-state index is 12.1. The Morgan fingerprint density at radius 3 is 3.04 bits per heavy atom. The Morgan fingerprint density at radius 1 is 1.40 bits per heavy atom. The Labute approximate surface area is 146 Å². The van der Waals surface area contributed by atoms with Gasteiger partial charge < -0.3 is 15.4 Å². The largest absolute Gasteiger partial charge is 0.493 e. The number of imide groups is 1. The number of hydrogen-bond donors (Lipinski definition) is 2. The van der Waals surface area contributed by atoms with E-state index in [9.17, 15) is 14.4 Å². The Bertz CT molecular complexity index is 689. The molecule has 3 rings (SSSR count). The molecule has 7 nitrogen and oxygen atoms in total. The van der Waals surface area contributed by atoms with E-state index >= 15 is 0 Å². The van der Waals surface area contributed by atoms with Crippen molar-refractivity contribution in [3.8, 4) is 5.75 Å². The van der Waals surface area contributed by atoms with Crippen LogP contribution in [0, 0.1) is 0 Å². The van der Waals surface area contributed by atoms with Gasteiger partial charge in [0.2, 0.25) is 5.91 Å². The molecular weight excluding hydrogens is 322 g/mol. The Kier molecular flexibility index (Phi) is 5.21. The third kappa shape index (κ3) is 3.92. The van der Waals surface area contributed by atoms with Gasteiger partial charge in [-0.15, -0.1) is 0 Å². The predicted octanol–water partition coefficient (Wildman–Crippen LogP) is 1.35. The van der Waals surface area contributed by atoms with Crippen LogP contribution in [0.3, 0.4) is 0 Å². The molecule has 1 atom stereocenters. The van der Waals surface area contributed by atoms with E-state index in [0.717, 1.165) is 36.3 Å². The van der Waals surface area contributed by atoms with Gasteiger partial charge in [-0.2, -0.15) is 0 Å². The molecule has 7 heteroatoms. The van der Waals surface area contributed by atoms with Crippen LogP contribution < -0.4 is 15.4 Å². The quantitative estimate of drug-likeness (QED) is 0.762. The summed E-state index contributed by atoms with van der Waals surface area (Å²) in [4.78, 5) is 37.1. The standard InChI is InChI=1S/C18H23N3O4/c1-2-7-21-17(23)14(20-18(21)24)10-16(22)19-11-12-5-6-15-13(9-12)4-3-8-25-15/h5-6,9,14H,2-4,7-8,10-11H2,1H3,(H,19,22)(H,20,24). The highest BCUT2D eigenvalue weighted by atomic mass is 16.5. The lowest BCUT2D eigenvalue weighted by molar-refractivity contribution is -0.130. The summed E-state index contributed by atoms with van der Waals surface area (Å²) >= 11 is 0. The molecule has 0 spiro atoms. The van der Waals surface area contributed by atoms with Crippen LogP contribution in [-0.4, -0.2) is 41.9 Å². The van der Waals surface area contributed by atoms with Gasteiger partial charge in [0.05, 0.1) is 13.0 Å². The number of nitrogens with one attached hydrogen (secondary N) is 2. The number of carbonyl (C=O) groups excluding carboxylic acids is 3. The highest BCUT2D eigenvalue weighted by Crippen LogP contribution is 2.25. The Hall–Kier alpha value is -2.57. The highest BCUT2D eigenvalue weighted by Gasteiger charge is 2.38. The molecule has 2 N–H and O–H groups in total. The first-order chi connectivity index (χ1) is 12.1. The monoisotopic (exact) mass is 345 g/mol. The number of carbonyl (C=O) groups is 3. The lowest BCUT2D eigenvalue weighted by Gasteiger charge is -2.18. The molecule has 2 aliphatic heterocycles. The summed E-state index contributed by atoms with van der Waals surface area (Å²) in [6.45, 7) is 3.41. The van der Waals surface area contributed by atoms with Gasteiger partial charge in [0, 0.05) is 13.1 Å². The smallest absolute Gasteiger partial charge is 0.324 e. The zero-order valence-electron chi connectivity index (χ0n) is 14.3. The summed E-state index contributed by atoms with van der Waals surface area (Å²) in [5.41, 5.74) is 2.15. The first-order valence-corrected chi connectivity index (χ1v) is 8.71. The second-order valence-corrected chi connectivity index (χ2v) is 6.37. The Morgan fingerprint density at radius 2 is 2.24 bits per heavy atom. The molecule has 0 aliphatic carbocycles. The molecule has 134 valence electrons. The van der Waals surface area contributed by atoms with Crippen molar-refractivity contribution in [2.75, 3.05) is 13.2 Å². The zero-order valence-corrected chi connectivity index (χ0v) is 14.3. The molecule has 1 saturated heterocycles. The molecule has 2 heterocycles. The Balaban J connectivity index is 1.52. The molecule has 1 aromatic rings. The van der Waals surface area contributed by atoms with E-state index in [4.69, 9.17) is 4.74 Å². The summed E-state index contributed by atoms with van der Waals surface area (Å²) in [6, 6.07) is 4.71. The first kappa shape index (κ1) is 17.3. The number of aryl methyl sites for hydroxylation is 1. The summed E-state index contributed by atoms with van der Waals surface area (Å²) in [6.07, 6.45) is 2.63. The second-order valence-electron chi connectivity index (χ2n) is 6.37. The molecule has 0 saturated carbocycles. The van der Waals surface area contributed by atoms with Crippen LogP contribution >= 0.6 is 0 Å². The number of benzene rings is 1. The van der Waals surface area contributed by atoms with Crippen LogP contribution in [0.25, 0.3) is 0 Å². The van der Waals surface area contributed by atoms with Crippen molar-refractivity contribution in [2.45, 2.75) is 45.2 Å². The number of fused-ring (bicyclic) bond motifs is 1. The number of rotatable bonds is 6. The average Bonchev–Trinajstić information content (AvgIpc) is 2.87. The van der Waals surface area contributed by atoms with Gasteiger partial charge in [0.25, 0.3) is 5.91 Å². The molecular formula is C18H23N3O4. The van der Waals surface area contributed by atoms with E-state index in [1.54, 1.807) is 0 Å². The summed E-state index contributed by atoms with van der Waals surface area (Å²) in [5, 5.41) is 5.38. The molecule has 2 aliphatic rings. The number of urea groups is 1. The average molecular weight is 345 g/mol. The number of hydrogen-bond acceptors (Lipinski definition) is 4. The van der Waals surface area contributed by atoms with Crippen molar-refractivity contribution in [1.29, 1.82) is 0 Å². The van der Waals surface area contributed by atoms with Gasteiger partial charge in [0.15, 0.2) is 0 Å². The van der Waals surface area contributed by atoms with E-state index in [1.807, 2.05) is 25.1 Å². The topological polar surface area (TPSA) is 87.7 Å². The SMILES string of the molecule is CCCN1C(=O)NC(CC(=O)NCc2ccc3c(c2)CCCO3)C1=O. The lowest BCUT2D eigenvalue weighted by Crippen LogP contribution is -2.36. The second kappa shape index (κ2) is 7.55. The minimum absolute atomic E-state index is 0.0428. The third-order valence-electron chi connectivity index (χ3n) is 4.41. The lowest BCUT2D eigenvalue weighted by atomic mass is 10.0. The van der Waals surface area contributed by atoms with Crippen LogP contribution in [0.15, 0.2) is 18.2 Å². The molecule has 0 bridgehead atoms. The molecule has 1 fully saturated rings. The highest BCUT2D eigenvalue weighted by molar-refractivity contribution is 6.05. The summed E-state index contributed by atoms with van der Waals surface area (Å²) < 4.78 is 5.57. The van der Waals surface area contributed by atoms with E-state index < -0.39 is 12.1 Å². The molecule has 0 aromatic heterocycles. The fraction of sp³-hybridized carbons (Fsp3) is 0.500. The van der Waals surface area contributed by atoms with Gasteiger partial charge >= 0.3 is 6.03 Å². The van der Waals surface area contributed by atoms with E-state index in [0.29, 0.717) is 19.5 Å².